The Bertz CT molecular complexity index is 224. The van der Waals surface area contributed by atoms with Crippen LogP contribution >= 0.6 is 12.4 Å². The maximum Gasteiger partial charge on any atom is 0.0938 e. The highest BCUT2D eigenvalue weighted by Gasteiger charge is 2.39. The second-order valence-electron chi connectivity index (χ2n) is 4.29. The molecule has 0 amide bonds. The van der Waals surface area contributed by atoms with Gasteiger partial charge in [-0.2, -0.15) is 0 Å². The van der Waals surface area contributed by atoms with Crippen molar-refractivity contribution >= 4 is 18.2 Å². The molecule has 2 heterocycles. The van der Waals surface area contributed by atoms with Crippen molar-refractivity contribution in [2.45, 2.75) is 31.3 Å². The Kier molecular flexibility index (Phi) is 4.37. The van der Waals surface area contributed by atoms with Crippen LogP contribution in [-0.4, -0.2) is 31.3 Å². The summed E-state index contributed by atoms with van der Waals surface area (Å²) >= 11 is 0. The van der Waals surface area contributed by atoms with E-state index in [1.54, 1.807) is 0 Å². The van der Waals surface area contributed by atoms with Crippen molar-refractivity contribution in [3.8, 4) is 0 Å². The van der Waals surface area contributed by atoms with Crippen LogP contribution in [-0.2, 0) is 9.47 Å². The molecule has 0 saturated carbocycles. The fourth-order valence-electron chi connectivity index (χ4n) is 2.39. The van der Waals surface area contributed by atoms with E-state index in [9.17, 15) is 0 Å². The highest BCUT2D eigenvalue weighted by Crippen LogP contribution is 2.36. The predicted molar refractivity (Wildman–Crippen MR) is 60.6 cm³/mol. The normalized spacial score (nSPS) is 29.5. The minimum absolute atomic E-state index is 0. The molecule has 1 unspecified atom stereocenters. The number of amidine groups is 1. The van der Waals surface area contributed by atoms with Crippen molar-refractivity contribution in [3.63, 3.8) is 0 Å². The van der Waals surface area contributed by atoms with Crippen LogP contribution in [0.3, 0.4) is 0 Å². The van der Waals surface area contributed by atoms with Crippen molar-refractivity contribution in [1.82, 2.24) is 0 Å². The maximum absolute atomic E-state index is 7.48. The van der Waals surface area contributed by atoms with Gasteiger partial charge in [-0.3, -0.25) is 5.41 Å². The molecule has 2 fully saturated rings. The van der Waals surface area contributed by atoms with Crippen LogP contribution in [0.1, 0.15) is 25.7 Å². The zero-order valence-corrected chi connectivity index (χ0v) is 9.65. The van der Waals surface area contributed by atoms with Gasteiger partial charge in [-0.15, -0.1) is 12.4 Å². The van der Waals surface area contributed by atoms with Crippen LogP contribution in [0.5, 0.6) is 0 Å². The number of nitrogens with one attached hydrogen (secondary N) is 1. The summed E-state index contributed by atoms with van der Waals surface area (Å²) < 4.78 is 11.2. The quantitative estimate of drug-likeness (QED) is 0.531. The Morgan fingerprint density at radius 3 is 2.53 bits per heavy atom. The summed E-state index contributed by atoms with van der Waals surface area (Å²) in [5.74, 6) is 0.543. The molecule has 5 heteroatoms. The van der Waals surface area contributed by atoms with Gasteiger partial charge in [-0.25, -0.2) is 0 Å². The minimum Gasteiger partial charge on any atom is -0.387 e. The van der Waals surface area contributed by atoms with Gasteiger partial charge in [0.2, 0.25) is 0 Å². The number of hydrogen-bond acceptors (Lipinski definition) is 3. The Labute approximate surface area is 96.4 Å². The first-order valence-electron chi connectivity index (χ1n) is 5.27. The molecule has 0 aromatic rings. The van der Waals surface area contributed by atoms with E-state index in [0.717, 1.165) is 45.5 Å². The number of rotatable bonds is 1. The number of hydrogen-bond donors (Lipinski definition) is 2. The summed E-state index contributed by atoms with van der Waals surface area (Å²) in [7, 11) is 0. The summed E-state index contributed by atoms with van der Waals surface area (Å²) in [6, 6.07) is 0. The molecule has 88 valence electrons. The van der Waals surface area contributed by atoms with Gasteiger partial charge < -0.3 is 15.2 Å². The van der Waals surface area contributed by atoms with Crippen molar-refractivity contribution in [2.75, 3.05) is 19.8 Å². The Hall–Kier alpha value is -0.320. The van der Waals surface area contributed by atoms with Crippen molar-refractivity contribution in [2.24, 2.45) is 11.7 Å². The molecule has 1 atom stereocenters. The molecule has 3 N–H and O–H groups in total. The van der Waals surface area contributed by atoms with E-state index in [1.165, 1.54) is 0 Å². The lowest BCUT2D eigenvalue weighted by Gasteiger charge is -2.43. The van der Waals surface area contributed by atoms with Crippen LogP contribution in [0.4, 0.5) is 0 Å². The topological polar surface area (TPSA) is 68.3 Å². The lowest BCUT2D eigenvalue weighted by molar-refractivity contribution is -0.140. The molecule has 2 aliphatic heterocycles. The predicted octanol–water partition coefficient (Wildman–Crippen LogP) is 1.32. The number of ether oxygens (including phenoxy) is 2. The van der Waals surface area contributed by atoms with E-state index < -0.39 is 0 Å². The van der Waals surface area contributed by atoms with Gasteiger partial charge in [0.1, 0.15) is 0 Å². The molecule has 0 aliphatic carbocycles. The standard InChI is InChI=1S/C10H18N2O2.ClH/c11-9(12)8-1-4-14-10(7-8)2-5-13-6-3-10;/h8H,1-7H2,(H3,11,12);1H. The third-order valence-corrected chi connectivity index (χ3v) is 3.34. The smallest absolute Gasteiger partial charge is 0.0938 e. The first kappa shape index (κ1) is 12.7. The molecule has 1 spiro atoms. The van der Waals surface area contributed by atoms with E-state index in [0.29, 0.717) is 5.84 Å². The van der Waals surface area contributed by atoms with Gasteiger partial charge >= 0.3 is 0 Å². The molecular weight excluding hydrogens is 216 g/mol. The highest BCUT2D eigenvalue weighted by molar-refractivity contribution is 5.85. The highest BCUT2D eigenvalue weighted by atomic mass is 35.5. The number of nitrogens with two attached hydrogens (primary N) is 1. The Morgan fingerprint density at radius 2 is 1.93 bits per heavy atom. The van der Waals surface area contributed by atoms with Crippen LogP contribution in [0.25, 0.3) is 0 Å². The number of halogens is 1. The Morgan fingerprint density at radius 1 is 1.27 bits per heavy atom. The van der Waals surface area contributed by atoms with Gasteiger partial charge in [-0.1, -0.05) is 0 Å². The van der Waals surface area contributed by atoms with Crippen molar-refractivity contribution < 1.29 is 9.47 Å². The molecule has 0 bridgehead atoms. The van der Waals surface area contributed by atoms with E-state index >= 15 is 0 Å². The molecule has 4 nitrogen and oxygen atoms in total. The van der Waals surface area contributed by atoms with Gasteiger partial charge in [0, 0.05) is 25.7 Å². The molecule has 0 aromatic heterocycles. The maximum atomic E-state index is 7.48. The second-order valence-corrected chi connectivity index (χ2v) is 4.29. The molecule has 2 rings (SSSR count). The molecule has 15 heavy (non-hydrogen) atoms. The first-order valence-corrected chi connectivity index (χ1v) is 5.27. The average Bonchev–Trinajstić information content (AvgIpc) is 2.19. The van der Waals surface area contributed by atoms with Crippen LogP contribution < -0.4 is 5.73 Å². The first-order chi connectivity index (χ1) is 6.72. The average molecular weight is 235 g/mol. The van der Waals surface area contributed by atoms with Gasteiger partial charge in [0.05, 0.1) is 11.4 Å². The minimum atomic E-state index is -0.0349. The molecular formula is C10H19ClN2O2. The van der Waals surface area contributed by atoms with Crippen LogP contribution in [0, 0.1) is 11.3 Å². The lowest BCUT2D eigenvalue weighted by Crippen LogP contribution is -2.46. The van der Waals surface area contributed by atoms with E-state index in [-0.39, 0.29) is 23.9 Å². The summed E-state index contributed by atoms with van der Waals surface area (Å²) in [6.45, 7) is 2.31. The van der Waals surface area contributed by atoms with E-state index in [2.05, 4.69) is 0 Å². The molecule has 0 radical (unpaired) electrons. The summed E-state index contributed by atoms with van der Waals surface area (Å²) in [4.78, 5) is 0. The molecule has 2 aliphatic rings. The Balaban J connectivity index is 0.00000112. The van der Waals surface area contributed by atoms with Gasteiger partial charge in [0.15, 0.2) is 0 Å². The van der Waals surface area contributed by atoms with Crippen molar-refractivity contribution in [1.29, 1.82) is 5.41 Å². The summed E-state index contributed by atoms with van der Waals surface area (Å²) in [6.07, 6.45) is 3.72. The monoisotopic (exact) mass is 234 g/mol. The molecule has 0 aromatic carbocycles. The van der Waals surface area contributed by atoms with Crippen molar-refractivity contribution in [3.05, 3.63) is 0 Å². The van der Waals surface area contributed by atoms with Crippen LogP contribution in [0.15, 0.2) is 0 Å². The van der Waals surface area contributed by atoms with E-state index in [1.807, 2.05) is 0 Å². The SMILES string of the molecule is Cl.N=C(N)C1CCOC2(CCOCC2)C1. The lowest BCUT2D eigenvalue weighted by atomic mass is 9.80. The van der Waals surface area contributed by atoms with Gasteiger partial charge in [0.25, 0.3) is 0 Å². The van der Waals surface area contributed by atoms with E-state index in [4.69, 9.17) is 20.6 Å². The third-order valence-electron chi connectivity index (χ3n) is 3.34. The zero-order valence-electron chi connectivity index (χ0n) is 8.83. The summed E-state index contributed by atoms with van der Waals surface area (Å²) in [5, 5.41) is 7.48. The summed E-state index contributed by atoms with van der Waals surface area (Å²) in [5.41, 5.74) is 5.52. The van der Waals surface area contributed by atoms with Gasteiger partial charge in [-0.05, 0) is 25.7 Å². The zero-order chi connectivity index (χ0) is 10.0. The fraction of sp³-hybridized carbons (Fsp3) is 0.900. The second kappa shape index (κ2) is 5.14. The fourth-order valence-corrected chi connectivity index (χ4v) is 2.39. The third kappa shape index (κ3) is 2.83. The van der Waals surface area contributed by atoms with Crippen LogP contribution in [0.2, 0.25) is 0 Å². The largest absolute Gasteiger partial charge is 0.387 e. The molecule has 2 saturated heterocycles.